The first-order valence-electron chi connectivity index (χ1n) is 10.4. The Bertz CT molecular complexity index is 1420. The summed E-state index contributed by atoms with van der Waals surface area (Å²) in [6.45, 7) is 6.18. The second kappa shape index (κ2) is 9.42. The molecule has 1 aromatic carbocycles. The summed E-state index contributed by atoms with van der Waals surface area (Å²) in [4.78, 5) is 28.9. The number of fused-ring (bicyclic) bond motifs is 1. The fourth-order valence-corrected chi connectivity index (χ4v) is 3.70. The van der Waals surface area contributed by atoms with Crippen molar-refractivity contribution in [3.05, 3.63) is 104 Å². The quantitative estimate of drug-likeness (QED) is 0.316. The zero-order chi connectivity index (χ0) is 23.5. The Labute approximate surface area is 195 Å². The minimum Gasteiger partial charge on any atom is -0.456 e. The largest absolute Gasteiger partial charge is 0.456 e. The third kappa shape index (κ3) is 5.21. The molecule has 7 nitrogen and oxygen atoms in total. The monoisotopic (exact) mass is 462 g/mol. The standard InChI is InChI=1S/C25H23ClN4O3/c1-16-4-7-19(8-5-16)14-30-25(26)21(18(3)28-30)9-11-24(32)33-15-20-12-23(31)29-13-17(2)6-10-22(29)27-20/h4-13H,14-15H2,1-3H3. The molecule has 0 spiro atoms. The van der Waals surface area contributed by atoms with Crippen LogP contribution in [-0.2, 0) is 22.7 Å². The molecule has 0 aliphatic carbocycles. The topological polar surface area (TPSA) is 78.5 Å². The summed E-state index contributed by atoms with van der Waals surface area (Å²) < 4.78 is 8.42. The number of aromatic nitrogens is 4. The van der Waals surface area contributed by atoms with E-state index in [4.69, 9.17) is 16.3 Å². The molecule has 0 unspecified atom stereocenters. The van der Waals surface area contributed by atoms with E-state index in [0.717, 1.165) is 11.1 Å². The van der Waals surface area contributed by atoms with Gasteiger partial charge in [-0.1, -0.05) is 47.5 Å². The van der Waals surface area contributed by atoms with E-state index in [1.165, 1.54) is 22.1 Å². The van der Waals surface area contributed by atoms with Gasteiger partial charge in [-0.05, 0) is 44.0 Å². The molecule has 0 fully saturated rings. The molecule has 4 aromatic rings. The van der Waals surface area contributed by atoms with Crippen molar-refractivity contribution < 1.29 is 9.53 Å². The molecular formula is C25H23ClN4O3. The van der Waals surface area contributed by atoms with Crippen molar-refractivity contribution in [2.75, 3.05) is 0 Å². The average Bonchev–Trinajstić information content (AvgIpc) is 3.05. The zero-order valence-electron chi connectivity index (χ0n) is 18.6. The number of esters is 1. The van der Waals surface area contributed by atoms with Crippen molar-refractivity contribution in [1.29, 1.82) is 0 Å². The highest BCUT2D eigenvalue weighted by molar-refractivity contribution is 6.31. The van der Waals surface area contributed by atoms with Crippen molar-refractivity contribution in [2.45, 2.75) is 33.9 Å². The number of hydrogen-bond acceptors (Lipinski definition) is 5. The lowest BCUT2D eigenvalue weighted by atomic mass is 10.1. The van der Waals surface area contributed by atoms with Crippen LogP contribution in [0.15, 0.2) is 59.5 Å². The maximum Gasteiger partial charge on any atom is 0.331 e. The van der Waals surface area contributed by atoms with Gasteiger partial charge in [0.2, 0.25) is 0 Å². The molecule has 0 bridgehead atoms. The number of pyridine rings is 1. The molecule has 8 heteroatoms. The highest BCUT2D eigenvalue weighted by Gasteiger charge is 2.12. The molecule has 33 heavy (non-hydrogen) atoms. The number of ether oxygens (including phenoxy) is 1. The van der Waals surface area contributed by atoms with Gasteiger partial charge in [0.05, 0.1) is 17.9 Å². The van der Waals surface area contributed by atoms with Crippen molar-refractivity contribution in [3.63, 3.8) is 0 Å². The van der Waals surface area contributed by atoms with E-state index >= 15 is 0 Å². The molecule has 0 saturated carbocycles. The lowest BCUT2D eigenvalue weighted by Gasteiger charge is -2.05. The number of carbonyl (C=O) groups is 1. The van der Waals surface area contributed by atoms with Gasteiger partial charge in [-0.15, -0.1) is 0 Å². The van der Waals surface area contributed by atoms with Gasteiger partial charge < -0.3 is 4.74 Å². The van der Waals surface area contributed by atoms with Crippen molar-refractivity contribution in [2.24, 2.45) is 0 Å². The Balaban J connectivity index is 1.43. The Kier molecular flexibility index (Phi) is 6.42. The third-order valence-corrected chi connectivity index (χ3v) is 5.57. The van der Waals surface area contributed by atoms with Crippen LogP contribution in [0.1, 0.15) is 33.6 Å². The highest BCUT2D eigenvalue weighted by Crippen LogP contribution is 2.22. The number of aryl methyl sites for hydroxylation is 3. The summed E-state index contributed by atoms with van der Waals surface area (Å²) in [5, 5.41) is 4.92. The number of nitrogens with zero attached hydrogens (tertiary/aromatic N) is 4. The molecule has 0 amide bonds. The summed E-state index contributed by atoms with van der Waals surface area (Å²) in [6.07, 6.45) is 4.60. The minimum absolute atomic E-state index is 0.109. The molecule has 0 atom stereocenters. The van der Waals surface area contributed by atoms with Crippen LogP contribution in [0.3, 0.4) is 0 Å². The maximum atomic E-state index is 12.3. The van der Waals surface area contributed by atoms with E-state index in [1.54, 1.807) is 23.0 Å². The molecule has 0 saturated heterocycles. The van der Waals surface area contributed by atoms with Gasteiger partial charge in [-0.25, -0.2) is 14.5 Å². The first-order valence-corrected chi connectivity index (χ1v) is 10.8. The predicted octanol–water partition coefficient (Wildman–Crippen LogP) is 4.27. The van der Waals surface area contributed by atoms with Crippen LogP contribution < -0.4 is 5.56 Å². The first-order chi connectivity index (χ1) is 15.8. The summed E-state index contributed by atoms with van der Waals surface area (Å²) in [6, 6.07) is 13.1. The maximum absolute atomic E-state index is 12.3. The molecule has 4 rings (SSSR count). The average molecular weight is 463 g/mol. The number of rotatable bonds is 6. The van der Waals surface area contributed by atoms with Gasteiger partial charge in [0.25, 0.3) is 5.56 Å². The van der Waals surface area contributed by atoms with Gasteiger partial charge in [0.15, 0.2) is 0 Å². The van der Waals surface area contributed by atoms with Gasteiger partial charge >= 0.3 is 5.97 Å². The number of carbonyl (C=O) groups excluding carboxylic acids is 1. The van der Waals surface area contributed by atoms with Crippen LogP contribution >= 0.6 is 11.6 Å². The first kappa shape index (κ1) is 22.5. The van der Waals surface area contributed by atoms with E-state index in [1.807, 2.05) is 51.1 Å². The highest BCUT2D eigenvalue weighted by atomic mass is 35.5. The predicted molar refractivity (Wildman–Crippen MR) is 127 cm³/mol. The molecule has 168 valence electrons. The molecular weight excluding hydrogens is 440 g/mol. The lowest BCUT2D eigenvalue weighted by molar-refractivity contribution is -0.139. The van der Waals surface area contributed by atoms with Gasteiger partial charge in [-0.3, -0.25) is 9.20 Å². The fourth-order valence-electron chi connectivity index (χ4n) is 3.40. The Morgan fingerprint density at radius 3 is 2.58 bits per heavy atom. The molecule has 3 aromatic heterocycles. The van der Waals surface area contributed by atoms with Crippen LogP contribution in [0, 0.1) is 20.8 Å². The Morgan fingerprint density at radius 2 is 1.82 bits per heavy atom. The van der Waals surface area contributed by atoms with Gasteiger partial charge in [-0.2, -0.15) is 5.10 Å². The van der Waals surface area contributed by atoms with Crippen LogP contribution in [0.2, 0.25) is 5.15 Å². The van der Waals surface area contributed by atoms with Crippen molar-refractivity contribution in [3.8, 4) is 0 Å². The third-order valence-electron chi connectivity index (χ3n) is 5.17. The molecule has 0 aliphatic heterocycles. The molecule has 0 radical (unpaired) electrons. The van der Waals surface area contributed by atoms with Crippen molar-refractivity contribution >= 4 is 29.3 Å². The summed E-state index contributed by atoms with van der Waals surface area (Å²) in [7, 11) is 0. The van der Waals surface area contributed by atoms with E-state index in [0.29, 0.717) is 34.3 Å². The normalized spacial score (nSPS) is 11.4. The minimum atomic E-state index is -0.567. The van der Waals surface area contributed by atoms with E-state index < -0.39 is 5.97 Å². The molecule has 0 N–H and O–H groups in total. The summed E-state index contributed by atoms with van der Waals surface area (Å²) in [5.41, 5.74) is 5.22. The van der Waals surface area contributed by atoms with Gasteiger partial charge in [0, 0.05) is 23.9 Å². The molecule has 3 heterocycles. The van der Waals surface area contributed by atoms with E-state index in [-0.39, 0.29) is 12.2 Å². The summed E-state index contributed by atoms with van der Waals surface area (Å²) >= 11 is 6.50. The molecule has 0 aliphatic rings. The Hall–Kier alpha value is -3.71. The van der Waals surface area contributed by atoms with Crippen LogP contribution in [-0.4, -0.2) is 25.1 Å². The number of benzene rings is 1. The second-order valence-corrected chi connectivity index (χ2v) is 8.25. The Morgan fingerprint density at radius 1 is 1.09 bits per heavy atom. The lowest BCUT2D eigenvalue weighted by Crippen LogP contribution is -2.16. The fraction of sp³-hybridized carbons (Fsp3) is 0.200. The zero-order valence-corrected chi connectivity index (χ0v) is 19.3. The second-order valence-electron chi connectivity index (χ2n) is 7.89. The van der Waals surface area contributed by atoms with Crippen LogP contribution in [0.25, 0.3) is 11.7 Å². The van der Waals surface area contributed by atoms with Crippen molar-refractivity contribution in [1.82, 2.24) is 19.2 Å². The van der Waals surface area contributed by atoms with Crippen LogP contribution in [0.5, 0.6) is 0 Å². The number of halogens is 1. The smallest absolute Gasteiger partial charge is 0.331 e. The summed E-state index contributed by atoms with van der Waals surface area (Å²) in [5.74, 6) is -0.567. The van der Waals surface area contributed by atoms with Gasteiger partial charge in [0.1, 0.15) is 17.4 Å². The van der Waals surface area contributed by atoms with E-state index in [2.05, 4.69) is 10.1 Å². The number of hydrogen-bond donors (Lipinski definition) is 0. The SMILES string of the molecule is Cc1ccc(Cn2nc(C)c(C=CC(=O)OCc3cc(=O)n4cc(C)ccc4n3)c2Cl)cc1. The van der Waals surface area contributed by atoms with Crippen LogP contribution in [0.4, 0.5) is 0 Å². The van der Waals surface area contributed by atoms with E-state index in [9.17, 15) is 9.59 Å².